The third kappa shape index (κ3) is 1.99. The molecule has 84 valence electrons. The van der Waals surface area contributed by atoms with Gasteiger partial charge < -0.3 is 9.84 Å². The average molecular weight is 217 g/mol. The first kappa shape index (κ1) is 10.5. The minimum Gasteiger partial charge on any atom is -0.333 e. The molecule has 1 N–H and O–H groups in total. The Labute approximate surface area is 86.0 Å². The van der Waals surface area contributed by atoms with Crippen LogP contribution in [-0.4, -0.2) is 23.2 Å². The van der Waals surface area contributed by atoms with Crippen molar-refractivity contribution >= 4 is 0 Å². The van der Waals surface area contributed by atoms with Gasteiger partial charge in [0.2, 0.25) is 0 Å². The molecular formula is C9H13F2N3O. The first-order valence-corrected chi connectivity index (χ1v) is 4.95. The molecule has 0 amide bonds. The third-order valence-corrected chi connectivity index (χ3v) is 2.88. The molecule has 0 unspecified atom stereocenters. The molecule has 4 nitrogen and oxygen atoms in total. The molecule has 6 heteroatoms. The molecule has 0 saturated carbocycles. The minimum atomic E-state index is -2.68. The lowest BCUT2D eigenvalue weighted by molar-refractivity contribution is 0.106. The fraction of sp³-hybridized carbons (Fsp3) is 0.778. The van der Waals surface area contributed by atoms with Crippen molar-refractivity contribution in [3.63, 3.8) is 0 Å². The van der Waals surface area contributed by atoms with Gasteiger partial charge in [0.15, 0.2) is 5.82 Å². The second-order valence-electron chi connectivity index (χ2n) is 4.07. The van der Waals surface area contributed by atoms with Gasteiger partial charge >= 0.3 is 6.43 Å². The molecule has 0 radical (unpaired) electrons. The first-order valence-electron chi connectivity index (χ1n) is 4.95. The van der Waals surface area contributed by atoms with Crippen LogP contribution in [0.1, 0.15) is 37.9 Å². The standard InChI is InChI=1S/C9H13F2N3O/c1-9(2-4-12-5-3-9)8-13-7(6(10)11)15-14-8/h6,12H,2-5H2,1H3. The summed E-state index contributed by atoms with van der Waals surface area (Å²) in [5.41, 5.74) is -0.234. The number of aromatic nitrogens is 2. The Morgan fingerprint density at radius 1 is 1.40 bits per heavy atom. The highest BCUT2D eigenvalue weighted by atomic mass is 19.3. The van der Waals surface area contributed by atoms with E-state index in [9.17, 15) is 8.78 Å². The second kappa shape index (κ2) is 3.84. The van der Waals surface area contributed by atoms with Crippen LogP contribution in [0.15, 0.2) is 4.52 Å². The van der Waals surface area contributed by atoms with Crippen LogP contribution in [0.3, 0.4) is 0 Å². The molecule has 2 rings (SSSR count). The Bertz CT molecular complexity index is 334. The fourth-order valence-corrected chi connectivity index (χ4v) is 1.77. The van der Waals surface area contributed by atoms with Crippen molar-refractivity contribution in [2.24, 2.45) is 0 Å². The fourth-order valence-electron chi connectivity index (χ4n) is 1.77. The number of rotatable bonds is 2. The maximum Gasteiger partial charge on any atom is 0.315 e. The van der Waals surface area contributed by atoms with Gasteiger partial charge in [-0.05, 0) is 25.9 Å². The normalized spacial score (nSPS) is 20.8. The van der Waals surface area contributed by atoms with Crippen molar-refractivity contribution in [2.75, 3.05) is 13.1 Å². The van der Waals surface area contributed by atoms with E-state index >= 15 is 0 Å². The van der Waals surface area contributed by atoms with Crippen LogP contribution >= 0.6 is 0 Å². The Hall–Kier alpha value is -1.04. The molecule has 0 bridgehead atoms. The van der Waals surface area contributed by atoms with Gasteiger partial charge in [0, 0.05) is 5.41 Å². The van der Waals surface area contributed by atoms with Gasteiger partial charge in [0.25, 0.3) is 5.89 Å². The van der Waals surface area contributed by atoms with E-state index in [1.54, 1.807) is 0 Å². The Morgan fingerprint density at radius 2 is 2.07 bits per heavy atom. The molecule has 1 fully saturated rings. The number of halogens is 2. The zero-order chi connectivity index (χ0) is 10.9. The molecule has 0 aliphatic carbocycles. The number of piperidine rings is 1. The molecule has 1 aromatic rings. The summed E-state index contributed by atoms with van der Waals surface area (Å²) >= 11 is 0. The first-order chi connectivity index (χ1) is 7.12. The van der Waals surface area contributed by atoms with E-state index in [2.05, 4.69) is 20.0 Å². The zero-order valence-electron chi connectivity index (χ0n) is 8.46. The smallest absolute Gasteiger partial charge is 0.315 e. The third-order valence-electron chi connectivity index (χ3n) is 2.88. The molecule has 0 spiro atoms. The molecular weight excluding hydrogens is 204 g/mol. The summed E-state index contributed by atoms with van der Waals surface area (Å²) in [7, 11) is 0. The Kier molecular flexibility index (Phi) is 2.68. The number of alkyl halides is 2. The van der Waals surface area contributed by atoms with E-state index in [0.717, 1.165) is 25.9 Å². The summed E-state index contributed by atoms with van der Waals surface area (Å²) < 4.78 is 29.0. The van der Waals surface area contributed by atoms with Crippen LogP contribution in [0, 0.1) is 0 Å². The molecule has 15 heavy (non-hydrogen) atoms. The van der Waals surface area contributed by atoms with E-state index in [4.69, 9.17) is 0 Å². The van der Waals surface area contributed by atoms with Crippen LogP contribution in [0.5, 0.6) is 0 Å². The molecule has 1 aromatic heterocycles. The van der Waals surface area contributed by atoms with Gasteiger partial charge in [-0.25, -0.2) is 0 Å². The van der Waals surface area contributed by atoms with E-state index in [0.29, 0.717) is 5.82 Å². The largest absolute Gasteiger partial charge is 0.333 e. The van der Waals surface area contributed by atoms with Crippen molar-refractivity contribution in [3.8, 4) is 0 Å². The van der Waals surface area contributed by atoms with E-state index in [1.165, 1.54) is 0 Å². The van der Waals surface area contributed by atoms with E-state index < -0.39 is 12.3 Å². The maximum atomic E-state index is 12.3. The zero-order valence-corrected chi connectivity index (χ0v) is 8.46. The summed E-state index contributed by atoms with van der Waals surface area (Å²) in [5.74, 6) is -0.177. The molecule has 1 aliphatic heterocycles. The van der Waals surface area contributed by atoms with Gasteiger partial charge in [-0.2, -0.15) is 13.8 Å². The lowest BCUT2D eigenvalue weighted by atomic mass is 9.80. The average Bonchev–Trinajstić information content (AvgIpc) is 2.68. The number of hydrogen-bond acceptors (Lipinski definition) is 4. The van der Waals surface area contributed by atoms with Crippen molar-refractivity contribution in [3.05, 3.63) is 11.7 Å². The van der Waals surface area contributed by atoms with Crippen molar-refractivity contribution < 1.29 is 13.3 Å². The minimum absolute atomic E-state index is 0.234. The predicted molar refractivity (Wildman–Crippen MR) is 48.7 cm³/mol. The summed E-state index contributed by atoms with van der Waals surface area (Å²) in [4.78, 5) is 3.75. The monoisotopic (exact) mass is 217 g/mol. The summed E-state index contributed by atoms with van der Waals surface area (Å²) in [6.07, 6.45) is -0.999. The molecule has 1 aliphatic rings. The SMILES string of the molecule is CC1(c2noc(C(F)F)n2)CCNCC1. The van der Waals surface area contributed by atoms with Crippen LogP contribution in [0.25, 0.3) is 0 Å². The highest BCUT2D eigenvalue weighted by Gasteiger charge is 2.34. The lowest BCUT2D eigenvalue weighted by Crippen LogP contribution is -2.38. The van der Waals surface area contributed by atoms with E-state index in [-0.39, 0.29) is 5.41 Å². The molecule has 0 aromatic carbocycles. The predicted octanol–water partition coefficient (Wildman–Crippen LogP) is 1.65. The van der Waals surface area contributed by atoms with Crippen LogP contribution in [0.4, 0.5) is 8.78 Å². The Morgan fingerprint density at radius 3 is 2.60 bits per heavy atom. The molecule has 0 atom stereocenters. The van der Waals surface area contributed by atoms with Crippen molar-refractivity contribution in [1.82, 2.24) is 15.5 Å². The summed E-state index contributed by atoms with van der Waals surface area (Å²) in [6, 6.07) is 0. The van der Waals surface area contributed by atoms with Crippen molar-refractivity contribution in [2.45, 2.75) is 31.6 Å². The second-order valence-corrected chi connectivity index (χ2v) is 4.07. The summed E-state index contributed by atoms with van der Waals surface area (Å²) in [5, 5.41) is 6.84. The van der Waals surface area contributed by atoms with Gasteiger partial charge in [-0.1, -0.05) is 12.1 Å². The number of hydrogen-bond donors (Lipinski definition) is 1. The van der Waals surface area contributed by atoms with Crippen LogP contribution in [-0.2, 0) is 5.41 Å². The van der Waals surface area contributed by atoms with Gasteiger partial charge in [-0.15, -0.1) is 0 Å². The quantitative estimate of drug-likeness (QED) is 0.818. The van der Waals surface area contributed by atoms with Crippen LogP contribution < -0.4 is 5.32 Å². The highest BCUT2D eigenvalue weighted by molar-refractivity contribution is 5.07. The van der Waals surface area contributed by atoms with Crippen molar-refractivity contribution in [1.29, 1.82) is 0 Å². The van der Waals surface area contributed by atoms with Gasteiger partial charge in [0.05, 0.1) is 0 Å². The van der Waals surface area contributed by atoms with E-state index in [1.807, 2.05) is 6.92 Å². The lowest BCUT2D eigenvalue weighted by Gasteiger charge is -2.30. The number of nitrogens with one attached hydrogen (secondary N) is 1. The number of nitrogens with zero attached hydrogens (tertiary/aromatic N) is 2. The maximum absolute atomic E-state index is 12.3. The molecule has 1 saturated heterocycles. The Balaban J connectivity index is 2.20. The van der Waals surface area contributed by atoms with Crippen LogP contribution in [0.2, 0.25) is 0 Å². The summed E-state index contributed by atoms with van der Waals surface area (Å²) in [6.45, 7) is 3.69. The highest BCUT2D eigenvalue weighted by Crippen LogP contribution is 2.31. The molecule has 2 heterocycles. The van der Waals surface area contributed by atoms with Gasteiger partial charge in [-0.3, -0.25) is 0 Å². The topological polar surface area (TPSA) is 51.0 Å². The van der Waals surface area contributed by atoms with Gasteiger partial charge in [0.1, 0.15) is 0 Å².